The maximum Gasteiger partial charge on any atom is 0.255 e. The Morgan fingerprint density at radius 3 is 2.76 bits per heavy atom. The molecule has 2 rings (SSSR count). The molecule has 4 heteroatoms. The number of rotatable bonds is 3. The Bertz CT molecular complexity index is 554. The van der Waals surface area contributed by atoms with Crippen LogP contribution in [0.5, 0.6) is 5.75 Å². The van der Waals surface area contributed by atoms with Crippen LogP contribution >= 0.6 is 11.6 Å². The third kappa shape index (κ3) is 2.34. The highest BCUT2D eigenvalue weighted by Gasteiger charge is 2.12. The summed E-state index contributed by atoms with van der Waals surface area (Å²) in [5.74, 6) is 0.0455. The number of benzene rings is 2. The number of phenolic OH excluding ortho intramolecular Hbond substituents is 1. The molecule has 1 amide bonds. The van der Waals surface area contributed by atoms with Gasteiger partial charge in [0.1, 0.15) is 5.75 Å². The summed E-state index contributed by atoms with van der Waals surface area (Å²) >= 11 is 5.49. The van der Waals surface area contributed by atoms with E-state index in [9.17, 15) is 9.90 Å². The van der Waals surface area contributed by atoms with Gasteiger partial charge in [0, 0.05) is 17.8 Å². The molecule has 0 radical (unpaired) electrons. The minimum atomic E-state index is -0.311. The molecule has 17 heavy (non-hydrogen) atoms. The number of carbonyl (C=O) groups is 1. The van der Waals surface area contributed by atoms with E-state index in [-0.39, 0.29) is 17.2 Å². The van der Waals surface area contributed by atoms with E-state index in [0.29, 0.717) is 17.8 Å². The third-order valence-corrected chi connectivity index (χ3v) is 2.71. The van der Waals surface area contributed by atoms with Gasteiger partial charge in [-0.1, -0.05) is 30.3 Å². The van der Waals surface area contributed by atoms with Gasteiger partial charge in [-0.05, 0) is 11.5 Å². The lowest BCUT2D eigenvalue weighted by atomic mass is 10.0. The Kier molecular flexibility index (Phi) is 3.49. The number of aromatic hydroxyl groups is 1. The molecule has 0 aliphatic carbocycles. The molecule has 0 heterocycles. The smallest absolute Gasteiger partial charge is 0.255 e. The number of carbonyl (C=O) groups excluding carboxylic acids is 1. The summed E-state index contributed by atoms with van der Waals surface area (Å²) in [6.45, 7) is 0.382. The first kappa shape index (κ1) is 11.7. The zero-order valence-corrected chi connectivity index (χ0v) is 9.87. The second-order valence-corrected chi connectivity index (χ2v) is 4.01. The average Bonchev–Trinajstić information content (AvgIpc) is 2.37. The fraction of sp³-hybridized carbons (Fsp3) is 0.154. The molecule has 0 bridgehead atoms. The second kappa shape index (κ2) is 5.06. The van der Waals surface area contributed by atoms with Crippen molar-refractivity contribution in [2.75, 3.05) is 12.4 Å². The summed E-state index contributed by atoms with van der Waals surface area (Å²) in [6, 6.07) is 10.8. The average molecular weight is 250 g/mol. The van der Waals surface area contributed by atoms with Gasteiger partial charge in [-0.2, -0.15) is 0 Å². The topological polar surface area (TPSA) is 49.3 Å². The van der Waals surface area contributed by atoms with Gasteiger partial charge in [0.05, 0.1) is 5.56 Å². The fourth-order valence-electron chi connectivity index (χ4n) is 1.69. The van der Waals surface area contributed by atoms with Gasteiger partial charge in [0.25, 0.3) is 5.91 Å². The van der Waals surface area contributed by atoms with Crippen molar-refractivity contribution in [2.24, 2.45) is 0 Å². The largest absolute Gasteiger partial charge is 0.506 e. The molecule has 0 saturated heterocycles. The molecule has 0 aliphatic heterocycles. The zero-order valence-electron chi connectivity index (χ0n) is 9.11. The van der Waals surface area contributed by atoms with Crippen molar-refractivity contribution in [1.29, 1.82) is 0 Å². The fourth-order valence-corrected chi connectivity index (χ4v) is 1.79. The molecule has 2 aromatic rings. The number of amides is 1. The highest BCUT2D eigenvalue weighted by Crippen LogP contribution is 2.28. The van der Waals surface area contributed by atoms with Gasteiger partial charge in [0.15, 0.2) is 0 Å². The summed E-state index contributed by atoms with van der Waals surface area (Å²) < 4.78 is 0. The Labute approximate surface area is 104 Å². The lowest BCUT2D eigenvalue weighted by Crippen LogP contribution is -2.25. The SMILES string of the molecule is O=C(NCCCl)c1ccc2ccccc2c1O. The highest BCUT2D eigenvalue weighted by molar-refractivity contribution is 6.18. The Morgan fingerprint density at radius 2 is 2.00 bits per heavy atom. The van der Waals surface area contributed by atoms with Crippen LogP contribution in [0.2, 0.25) is 0 Å². The van der Waals surface area contributed by atoms with Gasteiger partial charge in [-0.25, -0.2) is 0 Å². The van der Waals surface area contributed by atoms with Crippen LogP contribution in [-0.4, -0.2) is 23.4 Å². The number of hydrogen-bond acceptors (Lipinski definition) is 2. The molecule has 0 unspecified atom stereocenters. The number of hydrogen-bond donors (Lipinski definition) is 2. The van der Waals surface area contributed by atoms with E-state index in [0.717, 1.165) is 5.39 Å². The molecular formula is C13H12ClNO2. The van der Waals surface area contributed by atoms with Gasteiger partial charge in [-0.3, -0.25) is 4.79 Å². The van der Waals surface area contributed by atoms with Gasteiger partial charge in [-0.15, -0.1) is 11.6 Å². The molecule has 0 fully saturated rings. The van der Waals surface area contributed by atoms with Crippen molar-refractivity contribution < 1.29 is 9.90 Å². The van der Waals surface area contributed by atoms with E-state index in [1.54, 1.807) is 12.1 Å². The van der Waals surface area contributed by atoms with E-state index < -0.39 is 0 Å². The maximum absolute atomic E-state index is 11.7. The van der Waals surface area contributed by atoms with E-state index in [1.807, 2.05) is 24.3 Å². The number of nitrogens with one attached hydrogen (secondary N) is 1. The number of phenols is 1. The number of halogens is 1. The first-order chi connectivity index (χ1) is 8.24. The van der Waals surface area contributed by atoms with E-state index in [1.165, 1.54) is 0 Å². The first-order valence-corrected chi connectivity index (χ1v) is 5.82. The van der Waals surface area contributed by atoms with Crippen LogP contribution in [-0.2, 0) is 0 Å². The molecule has 2 aromatic carbocycles. The van der Waals surface area contributed by atoms with Crippen LogP contribution in [0.25, 0.3) is 10.8 Å². The van der Waals surface area contributed by atoms with E-state index >= 15 is 0 Å². The van der Waals surface area contributed by atoms with Crippen molar-refractivity contribution in [3.8, 4) is 5.75 Å². The van der Waals surface area contributed by atoms with Crippen molar-refractivity contribution in [1.82, 2.24) is 5.32 Å². The van der Waals surface area contributed by atoms with Crippen LogP contribution in [0, 0.1) is 0 Å². The monoisotopic (exact) mass is 249 g/mol. The predicted octanol–water partition coefficient (Wildman–Crippen LogP) is 2.51. The minimum Gasteiger partial charge on any atom is -0.506 e. The Hall–Kier alpha value is -1.74. The van der Waals surface area contributed by atoms with Crippen molar-refractivity contribution in [3.05, 3.63) is 42.0 Å². The lowest BCUT2D eigenvalue weighted by Gasteiger charge is -2.07. The van der Waals surface area contributed by atoms with Crippen LogP contribution in [0.1, 0.15) is 10.4 Å². The van der Waals surface area contributed by atoms with Crippen molar-refractivity contribution >= 4 is 28.3 Å². The lowest BCUT2D eigenvalue weighted by molar-refractivity contribution is 0.0953. The molecule has 0 spiro atoms. The number of fused-ring (bicyclic) bond motifs is 1. The maximum atomic E-state index is 11.7. The van der Waals surface area contributed by atoms with E-state index in [4.69, 9.17) is 11.6 Å². The van der Waals surface area contributed by atoms with Gasteiger partial charge in [0.2, 0.25) is 0 Å². The van der Waals surface area contributed by atoms with Gasteiger partial charge < -0.3 is 10.4 Å². The van der Waals surface area contributed by atoms with Crippen LogP contribution in [0.15, 0.2) is 36.4 Å². The Morgan fingerprint density at radius 1 is 1.24 bits per heavy atom. The molecule has 2 N–H and O–H groups in total. The summed E-state index contributed by atoms with van der Waals surface area (Å²) in [5, 5.41) is 14.2. The van der Waals surface area contributed by atoms with Crippen molar-refractivity contribution in [3.63, 3.8) is 0 Å². The van der Waals surface area contributed by atoms with Crippen LogP contribution < -0.4 is 5.32 Å². The Balaban J connectivity index is 2.42. The summed E-state index contributed by atoms with van der Waals surface area (Å²) in [6.07, 6.45) is 0. The summed E-state index contributed by atoms with van der Waals surface area (Å²) in [7, 11) is 0. The standard InChI is InChI=1S/C13H12ClNO2/c14-7-8-15-13(17)11-6-5-9-3-1-2-4-10(9)12(11)16/h1-6,16H,7-8H2,(H,15,17). The summed E-state index contributed by atoms with van der Waals surface area (Å²) in [4.78, 5) is 11.7. The van der Waals surface area contributed by atoms with Crippen LogP contribution in [0.4, 0.5) is 0 Å². The molecule has 0 saturated carbocycles. The molecule has 0 aromatic heterocycles. The second-order valence-electron chi connectivity index (χ2n) is 3.63. The molecular weight excluding hydrogens is 238 g/mol. The highest BCUT2D eigenvalue weighted by atomic mass is 35.5. The molecule has 88 valence electrons. The van der Waals surface area contributed by atoms with E-state index in [2.05, 4.69) is 5.32 Å². The van der Waals surface area contributed by atoms with Crippen molar-refractivity contribution in [2.45, 2.75) is 0 Å². The van der Waals surface area contributed by atoms with Crippen LogP contribution in [0.3, 0.4) is 0 Å². The first-order valence-electron chi connectivity index (χ1n) is 5.29. The predicted molar refractivity (Wildman–Crippen MR) is 68.7 cm³/mol. The molecule has 3 nitrogen and oxygen atoms in total. The zero-order chi connectivity index (χ0) is 12.3. The normalized spacial score (nSPS) is 10.4. The van der Waals surface area contributed by atoms with Gasteiger partial charge >= 0.3 is 0 Å². The third-order valence-electron chi connectivity index (χ3n) is 2.53. The summed E-state index contributed by atoms with van der Waals surface area (Å²) in [5.41, 5.74) is 0.272. The molecule has 0 aliphatic rings. The molecule has 0 atom stereocenters. The number of alkyl halides is 1. The minimum absolute atomic E-state index is 0.00942. The quantitative estimate of drug-likeness (QED) is 0.822.